The van der Waals surface area contributed by atoms with Crippen LogP contribution in [0, 0.1) is 6.92 Å². The van der Waals surface area contributed by atoms with Crippen molar-refractivity contribution in [2.45, 2.75) is 51.6 Å². The van der Waals surface area contributed by atoms with E-state index in [1.54, 1.807) is 0 Å². The van der Waals surface area contributed by atoms with Gasteiger partial charge in [-0.3, -0.25) is 0 Å². The maximum Gasteiger partial charge on any atom is 0.119 e. The Balaban J connectivity index is 2.33. The van der Waals surface area contributed by atoms with Crippen LogP contribution in [0.1, 0.15) is 44.6 Å². The average molecular weight is 249 g/mol. The van der Waals surface area contributed by atoms with Gasteiger partial charge in [-0.15, -0.1) is 0 Å². The van der Waals surface area contributed by atoms with E-state index in [0.717, 1.165) is 37.2 Å². The number of benzene rings is 1. The summed E-state index contributed by atoms with van der Waals surface area (Å²) in [5, 5.41) is 9.70. The Hall–Kier alpha value is -1.02. The van der Waals surface area contributed by atoms with E-state index in [9.17, 15) is 5.11 Å². The van der Waals surface area contributed by atoms with E-state index in [1.165, 1.54) is 12.8 Å². The second-order valence-electron chi connectivity index (χ2n) is 4.70. The minimum absolute atomic E-state index is 0.279. The monoisotopic (exact) mass is 249 g/mol. The van der Waals surface area contributed by atoms with Crippen molar-refractivity contribution < 1.29 is 9.84 Å². The molecule has 0 spiro atoms. The van der Waals surface area contributed by atoms with E-state index >= 15 is 0 Å². The van der Waals surface area contributed by atoms with Crippen LogP contribution in [0.25, 0.3) is 0 Å². The number of unbranched alkanes of at least 4 members (excludes halogenated alkanes) is 2. The fourth-order valence-corrected chi connectivity index (χ4v) is 1.87. The van der Waals surface area contributed by atoms with Gasteiger partial charge in [-0.2, -0.15) is 0 Å². The molecule has 2 heteroatoms. The molecular formula is C16H25O2. The summed E-state index contributed by atoms with van der Waals surface area (Å²) in [4.78, 5) is 0. The van der Waals surface area contributed by atoms with Crippen LogP contribution in [-0.2, 0) is 6.42 Å². The lowest BCUT2D eigenvalue weighted by Crippen LogP contribution is -2.09. The van der Waals surface area contributed by atoms with E-state index < -0.39 is 0 Å². The number of aliphatic hydroxyl groups excluding tert-OH is 1. The van der Waals surface area contributed by atoms with E-state index in [-0.39, 0.29) is 6.10 Å². The first kappa shape index (κ1) is 15.0. The van der Waals surface area contributed by atoms with Gasteiger partial charge >= 0.3 is 0 Å². The largest absolute Gasteiger partial charge is 0.494 e. The smallest absolute Gasteiger partial charge is 0.119 e. The summed E-state index contributed by atoms with van der Waals surface area (Å²) in [6, 6.07) is 8.03. The first-order chi connectivity index (χ1) is 8.76. The van der Waals surface area contributed by atoms with Gasteiger partial charge in [-0.1, -0.05) is 45.2 Å². The molecule has 1 atom stereocenters. The number of rotatable bonds is 9. The summed E-state index contributed by atoms with van der Waals surface area (Å²) < 4.78 is 5.64. The molecule has 1 aromatic rings. The fourth-order valence-electron chi connectivity index (χ4n) is 1.87. The molecule has 0 aromatic heterocycles. The Kier molecular flexibility index (Phi) is 7.51. The first-order valence-electron chi connectivity index (χ1n) is 6.95. The van der Waals surface area contributed by atoms with Crippen molar-refractivity contribution in [3.05, 3.63) is 36.8 Å². The van der Waals surface area contributed by atoms with Gasteiger partial charge < -0.3 is 9.84 Å². The Morgan fingerprint density at radius 3 is 2.56 bits per heavy atom. The lowest BCUT2D eigenvalue weighted by atomic mass is 10.0. The van der Waals surface area contributed by atoms with Gasteiger partial charge in [0.25, 0.3) is 0 Å². The van der Waals surface area contributed by atoms with E-state index in [4.69, 9.17) is 4.74 Å². The first-order valence-corrected chi connectivity index (χ1v) is 6.95. The molecule has 0 aliphatic carbocycles. The standard InChI is InChI=1S/C16H25O2/c1-3-5-6-12-18-16-10-8-14(9-11-16)13-15(17)7-4-2/h8-11,15,17H,2-7,12-13H2,1H3. The average Bonchev–Trinajstić information content (AvgIpc) is 2.37. The van der Waals surface area contributed by atoms with Crippen molar-refractivity contribution in [1.29, 1.82) is 0 Å². The summed E-state index contributed by atoms with van der Waals surface area (Å²) in [6.45, 7) is 6.73. The molecule has 1 aromatic carbocycles. The lowest BCUT2D eigenvalue weighted by Gasteiger charge is -2.10. The second-order valence-corrected chi connectivity index (χ2v) is 4.70. The molecule has 0 heterocycles. The molecule has 0 bridgehead atoms. The van der Waals surface area contributed by atoms with Gasteiger partial charge in [0, 0.05) is 0 Å². The van der Waals surface area contributed by atoms with E-state index in [1.807, 2.05) is 24.3 Å². The SMILES string of the molecule is [CH2]CCC(O)Cc1ccc(OCCCCC)cc1. The molecule has 18 heavy (non-hydrogen) atoms. The van der Waals surface area contributed by atoms with Gasteiger partial charge in [0.1, 0.15) is 5.75 Å². The van der Waals surface area contributed by atoms with Gasteiger partial charge in [-0.25, -0.2) is 0 Å². The predicted molar refractivity (Wildman–Crippen MR) is 75.8 cm³/mol. The minimum atomic E-state index is -0.279. The molecule has 0 saturated carbocycles. The maximum absolute atomic E-state index is 9.70. The molecule has 2 nitrogen and oxygen atoms in total. The molecule has 101 valence electrons. The van der Waals surface area contributed by atoms with Gasteiger partial charge in [-0.05, 0) is 37.0 Å². The molecule has 0 fully saturated rings. The zero-order valence-corrected chi connectivity index (χ0v) is 11.4. The number of aliphatic hydroxyl groups is 1. The van der Waals surface area contributed by atoms with Crippen LogP contribution in [0.5, 0.6) is 5.75 Å². The highest BCUT2D eigenvalue weighted by atomic mass is 16.5. The van der Waals surface area contributed by atoms with Crippen molar-refractivity contribution in [2.75, 3.05) is 6.61 Å². The Morgan fingerprint density at radius 2 is 1.94 bits per heavy atom. The van der Waals surface area contributed by atoms with Crippen molar-refractivity contribution >= 4 is 0 Å². The molecule has 0 aliphatic heterocycles. The van der Waals surface area contributed by atoms with Crippen molar-refractivity contribution in [3.8, 4) is 5.75 Å². The predicted octanol–water partition coefficient (Wildman–Crippen LogP) is 3.77. The molecular weight excluding hydrogens is 224 g/mol. The summed E-state index contributed by atoms with van der Waals surface area (Å²) >= 11 is 0. The number of hydrogen-bond acceptors (Lipinski definition) is 2. The topological polar surface area (TPSA) is 29.5 Å². The highest BCUT2D eigenvalue weighted by molar-refractivity contribution is 5.27. The van der Waals surface area contributed by atoms with Crippen LogP contribution in [-0.4, -0.2) is 17.8 Å². The third-order valence-electron chi connectivity index (χ3n) is 2.95. The minimum Gasteiger partial charge on any atom is -0.494 e. The van der Waals surface area contributed by atoms with Crippen LogP contribution in [0.2, 0.25) is 0 Å². The number of ether oxygens (including phenoxy) is 1. The molecule has 1 unspecified atom stereocenters. The molecule has 1 rings (SSSR count). The fraction of sp³-hybridized carbons (Fsp3) is 0.562. The van der Waals surface area contributed by atoms with Gasteiger partial charge in [0.05, 0.1) is 12.7 Å². The zero-order chi connectivity index (χ0) is 13.2. The second kappa shape index (κ2) is 8.98. The van der Waals surface area contributed by atoms with Crippen LogP contribution < -0.4 is 4.74 Å². The van der Waals surface area contributed by atoms with Crippen LogP contribution >= 0.6 is 0 Å². The number of hydrogen-bond donors (Lipinski definition) is 1. The van der Waals surface area contributed by atoms with Gasteiger partial charge in [0.15, 0.2) is 0 Å². The summed E-state index contributed by atoms with van der Waals surface area (Å²) in [5.74, 6) is 0.918. The maximum atomic E-state index is 9.70. The highest BCUT2D eigenvalue weighted by Gasteiger charge is 2.04. The quantitative estimate of drug-likeness (QED) is 0.675. The van der Waals surface area contributed by atoms with Gasteiger partial charge in [0.2, 0.25) is 0 Å². The van der Waals surface area contributed by atoms with Crippen molar-refractivity contribution in [3.63, 3.8) is 0 Å². The molecule has 0 amide bonds. The molecule has 0 saturated heterocycles. The molecule has 1 N–H and O–H groups in total. The summed E-state index contributed by atoms with van der Waals surface area (Å²) in [6.07, 6.45) is 5.50. The van der Waals surface area contributed by atoms with Crippen LogP contribution in [0.3, 0.4) is 0 Å². The van der Waals surface area contributed by atoms with Crippen LogP contribution in [0.4, 0.5) is 0 Å². The van der Waals surface area contributed by atoms with E-state index in [2.05, 4.69) is 13.8 Å². The Morgan fingerprint density at radius 1 is 1.22 bits per heavy atom. The van der Waals surface area contributed by atoms with Crippen molar-refractivity contribution in [1.82, 2.24) is 0 Å². The van der Waals surface area contributed by atoms with E-state index in [0.29, 0.717) is 6.42 Å². The molecule has 0 aliphatic rings. The van der Waals surface area contributed by atoms with Crippen molar-refractivity contribution in [2.24, 2.45) is 0 Å². The third-order valence-corrected chi connectivity index (χ3v) is 2.95. The lowest BCUT2D eigenvalue weighted by molar-refractivity contribution is 0.166. The summed E-state index contributed by atoms with van der Waals surface area (Å²) in [5.41, 5.74) is 1.15. The molecule has 1 radical (unpaired) electrons. The van der Waals surface area contributed by atoms with Crippen LogP contribution in [0.15, 0.2) is 24.3 Å². The Bertz CT molecular complexity index is 305. The summed E-state index contributed by atoms with van der Waals surface area (Å²) in [7, 11) is 0. The normalized spacial score (nSPS) is 12.4. The highest BCUT2D eigenvalue weighted by Crippen LogP contribution is 2.15. The Labute approximate surface area is 111 Å². The zero-order valence-electron chi connectivity index (χ0n) is 11.4. The third kappa shape index (κ3) is 6.06.